The lowest BCUT2D eigenvalue weighted by Crippen LogP contribution is -2.46. The molecule has 0 aliphatic carbocycles. The summed E-state index contributed by atoms with van der Waals surface area (Å²) in [5, 5.41) is 15.9. The Morgan fingerprint density at radius 2 is 2.22 bits per heavy atom. The number of hydrogen-bond acceptors (Lipinski definition) is 8. The van der Waals surface area contributed by atoms with E-state index in [-0.39, 0.29) is 40.6 Å². The number of alkyl halides is 4. The molecule has 3 aromatic rings. The molecule has 4 heterocycles. The summed E-state index contributed by atoms with van der Waals surface area (Å²) in [4.78, 5) is 5.95. The van der Waals surface area contributed by atoms with Gasteiger partial charge in [-0.2, -0.15) is 18.2 Å². The van der Waals surface area contributed by atoms with E-state index in [0.717, 1.165) is 0 Å². The van der Waals surface area contributed by atoms with Gasteiger partial charge in [-0.25, -0.2) is 4.39 Å². The molecular weight excluding hydrogens is 452 g/mol. The predicted octanol–water partition coefficient (Wildman–Crippen LogP) is 3.05. The lowest BCUT2D eigenvalue weighted by Gasteiger charge is -2.33. The Balaban J connectivity index is 1.77. The van der Waals surface area contributed by atoms with E-state index in [1.54, 1.807) is 12.1 Å². The van der Waals surface area contributed by atoms with Crippen LogP contribution in [0.2, 0.25) is 0 Å². The molecule has 0 radical (unpaired) electrons. The summed E-state index contributed by atoms with van der Waals surface area (Å²) in [6.45, 7) is 0.525. The van der Waals surface area contributed by atoms with E-state index in [9.17, 15) is 17.6 Å². The molecule has 174 valence electrons. The van der Waals surface area contributed by atoms with Crippen LogP contribution in [0.3, 0.4) is 0 Å². The number of pyridine rings is 1. The van der Waals surface area contributed by atoms with Crippen molar-refractivity contribution in [2.24, 2.45) is 5.73 Å². The maximum absolute atomic E-state index is 14.5. The fourth-order valence-corrected chi connectivity index (χ4v) is 4.40. The number of anilines is 1. The van der Waals surface area contributed by atoms with Crippen molar-refractivity contribution in [1.82, 2.24) is 19.4 Å². The summed E-state index contributed by atoms with van der Waals surface area (Å²) in [6, 6.07) is 3.36. The van der Waals surface area contributed by atoms with Crippen LogP contribution < -0.4 is 11.1 Å². The molecule has 0 amide bonds. The Labute approximate surface area is 184 Å². The summed E-state index contributed by atoms with van der Waals surface area (Å²) in [5.74, 6) is -0.182. The van der Waals surface area contributed by atoms with Crippen LogP contribution in [-0.2, 0) is 0 Å². The van der Waals surface area contributed by atoms with Gasteiger partial charge in [-0.05, 0) is 31.7 Å². The van der Waals surface area contributed by atoms with Crippen LogP contribution in [0.25, 0.3) is 16.9 Å². The van der Waals surface area contributed by atoms with Crippen molar-refractivity contribution >= 4 is 23.0 Å². The Kier molecular flexibility index (Phi) is 6.34. The zero-order valence-electron chi connectivity index (χ0n) is 17.0. The second-order valence-electron chi connectivity index (χ2n) is 7.65. The van der Waals surface area contributed by atoms with Crippen molar-refractivity contribution in [3.8, 4) is 11.4 Å². The normalized spacial score (nSPS) is 21.2. The number of likely N-dealkylation sites (tertiary alicyclic amines) is 1. The Morgan fingerprint density at radius 1 is 1.44 bits per heavy atom. The second kappa shape index (κ2) is 8.89. The smallest absolute Gasteiger partial charge is 0.394 e. The number of nitrogens with one attached hydrogen (secondary N) is 1. The summed E-state index contributed by atoms with van der Waals surface area (Å²) in [7, 11) is 1.84. The van der Waals surface area contributed by atoms with E-state index in [1.807, 2.05) is 11.9 Å². The molecule has 1 saturated heterocycles. The summed E-state index contributed by atoms with van der Waals surface area (Å²) < 4.78 is 61.0. The number of nitrogens with zero attached hydrogens (tertiary/aromatic N) is 4. The molecule has 13 heteroatoms. The van der Waals surface area contributed by atoms with Crippen LogP contribution in [0.15, 0.2) is 33.9 Å². The second-order valence-corrected chi connectivity index (χ2v) is 8.70. The first kappa shape index (κ1) is 22.8. The van der Waals surface area contributed by atoms with E-state index in [1.165, 1.54) is 16.7 Å². The highest BCUT2D eigenvalue weighted by Gasteiger charge is 2.34. The highest BCUT2D eigenvalue weighted by molar-refractivity contribution is 8.00. The lowest BCUT2D eigenvalue weighted by atomic mass is 10.0. The number of rotatable bonds is 6. The molecule has 8 nitrogen and oxygen atoms in total. The number of aromatic nitrogens is 3. The molecule has 4 rings (SSSR count). The van der Waals surface area contributed by atoms with Crippen molar-refractivity contribution in [2.45, 2.75) is 35.2 Å². The van der Waals surface area contributed by atoms with E-state index >= 15 is 0 Å². The Bertz CT molecular complexity index is 1090. The third kappa shape index (κ3) is 4.70. The highest BCUT2D eigenvalue weighted by atomic mass is 32.2. The average molecular weight is 474 g/mol. The number of nitrogens with two attached hydrogens (primary N) is 1. The maximum Gasteiger partial charge on any atom is 0.447 e. The average Bonchev–Trinajstić information content (AvgIpc) is 3.34. The van der Waals surface area contributed by atoms with Gasteiger partial charge in [-0.15, -0.1) is 0 Å². The molecule has 4 N–H and O–H groups in total. The highest BCUT2D eigenvalue weighted by Crippen LogP contribution is 2.44. The minimum Gasteiger partial charge on any atom is -0.394 e. The quantitative estimate of drug-likeness (QED) is 0.370. The molecule has 0 bridgehead atoms. The fourth-order valence-electron chi connectivity index (χ4n) is 3.66. The lowest BCUT2D eigenvalue weighted by molar-refractivity contribution is -0.0329. The monoisotopic (exact) mass is 474 g/mol. The number of aliphatic hydroxyl groups excluding tert-OH is 1. The Morgan fingerprint density at radius 3 is 2.91 bits per heavy atom. The minimum atomic E-state index is -4.57. The number of piperidine rings is 1. The van der Waals surface area contributed by atoms with Gasteiger partial charge in [0.1, 0.15) is 12.2 Å². The topological polar surface area (TPSA) is 105 Å². The molecule has 1 aliphatic heterocycles. The first-order valence-electron chi connectivity index (χ1n) is 9.85. The van der Waals surface area contributed by atoms with Gasteiger partial charge in [0.05, 0.1) is 34.4 Å². The van der Waals surface area contributed by atoms with Crippen LogP contribution in [0, 0.1) is 0 Å². The van der Waals surface area contributed by atoms with Crippen molar-refractivity contribution in [3.05, 3.63) is 30.3 Å². The number of fused-ring (bicyclic) bond motifs is 1. The summed E-state index contributed by atoms with van der Waals surface area (Å²) in [6.07, 6.45) is 0.927. The largest absolute Gasteiger partial charge is 0.447 e. The number of thioether (sulfide) groups is 1. The first-order chi connectivity index (χ1) is 15.2. The molecular formula is C19H22F4N6O2S. The van der Waals surface area contributed by atoms with E-state index in [4.69, 9.17) is 15.4 Å². The predicted molar refractivity (Wildman–Crippen MR) is 111 cm³/mol. The van der Waals surface area contributed by atoms with Gasteiger partial charge in [0.25, 0.3) is 0 Å². The standard InChI is InChI=1S/C19H22F4N6O2S/c1-28-6-4-13(11(20)8-28)25-14-3-2-5-29-15(14)7-10(18(29)32-19(21,22)23)16-26-17(31-27-16)12(24)9-30/h2-3,5,7,11-13,25,30H,4,6,8-9,24H2,1H3/t11-,12+,13+/m0/s1. The van der Waals surface area contributed by atoms with Crippen LogP contribution in [0.1, 0.15) is 18.4 Å². The molecule has 32 heavy (non-hydrogen) atoms. The van der Waals surface area contributed by atoms with Crippen molar-refractivity contribution in [1.29, 1.82) is 0 Å². The minimum absolute atomic E-state index is 0.0851. The van der Waals surface area contributed by atoms with E-state index < -0.39 is 30.4 Å². The van der Waals surface area contributed by atoms with Crippen LogP contribution >= 0.6 is 11.8 Å². The summed E-state index contributed by atoms with van der Waals surface area (Å²) in [5.41, 5.74) is 2.09. The van der Waals surface area contributed by atoms with Crippen molar-refractivity contribution in [3.63, 3.8) is 0 Å². The van der Waals surface area contributed by atoms with Gasteiger partial charge < -0.3 is 30.0 Å². The van der Waals surface area contributed by atoms with Crippen molar-refractivity contribution in [2.75, 3.05) is 32.1 Å². The van der Waals surface area contributed by atoms with Gasteiger partial charge in [0.15, 0.2) is 0 Å². The first-order valence-corrected chi connectivity index (χ1v) is 10.7. The zero-order valence-corrected chi connectivity index (χ0v) is 17.8. The SMILES string of the molecule is CN1CC[C@@H](Nc2cccn3c(SC(F)(F)F)c(-c4noc([C@H](N)CO)n4)cc23)[C@@H](F)C1. The third-order valence-corrected chi connectivity index (χ3v) is 6.10. The number of hydrogen-bond donors (Lipinski definition) is 3. The van der Waals surface area contributed by atoms with E-state index in [0.29, 0.717) is 24.2 Å². The molecule has 3 aromatic heterocycles. The molecule has 1 aliphatic rings. The molecule has 3 atom stereocenters. The summed E-state index contributed by atoms with van der Waals surface area (Å²) >= 11 is -0.310. The molecule has 0 aromatic carbocycles. The molecule has 0 saturated carbocycles. The Hall–Kier alpha value is -2.35. The zero-order chi connectivity index (χ0) is 23.0. The van der Waals surface area contributed by atoms with Gasteiger partial charge in [0, 0.05) is 31.0 Å². The van der Waals surface area contributed by atoms with Gasteiger partial charge in [-0.1, -0.05) is 5.16 Å². The maximum atomic E-state index is 14.5. The molecule has 0 unspecified atom stereocenters. The van der Waals surface area contributed by atoms with Crippen LogP contribution in [-0.4, -0.2) is 69.0 Å². The van der Waals surface area contributed by atoms with Crippen LogP contribution in [0.4, 0.5) is 23.2 Å². The molecule has 1 fully saturated rings. The van der Waals surface area contributed by atoms with Crippen LogP contribution in [0.5, 0.6) is 0 Å². The van der Waals surface area contributed by atoms with Gasteiger partial charge in [-0.3, -0.25) is 0 Å². The van der Waals surface area contributed by atoms with E-state index in [2.05, 4.69) is 15.5 Å². The number of aliphatic hydroxyl groups is 1. The fraction of sp³-hybridized carbons (Fsp3) is 0.474. The number of halogens is 4. The third-order valence-electron chi connectivity index (χ3n) is 5.26. The van der Waals surface area contributed by atoms with Crippen molar-refractivity contribution < 1.29 is 27.2 Å². The van der Waals surface area contributed by atoms with Gasteiger partial charge in [0.2, 0.25) is 11.7 Å². The van der Waals surface area contributed by atoms with Gasteiger partial charge >= 0.3 is 5.51 Å². The molecule has 0 spiro atoms.